The highest BCUT2D eigenvalue weighted by atomic mass is 16.6. The van der Waals surface area contributed by atoms with Gasteiger partial charge in [0.1, 0.15) is 5.76 Å². The molecule has 0 aromatic heterocycles. The Labute approximate surface area is 110 Å². The molecule has 19 heavy (non-hydrogen) atoms. The first-order valence-electron chi connectivity index (χ1n) is 6.01. The van der Waals surface area contributed by atoms with Crippen LogP contribution in [0.15, 0.2) is 30.0 Å². The molecular weight excluding hydrogens is 246 g/mol. The van der Waals surface area contributed by atoms with Gasteiger partial charge in [-0.15, -0.1) is 0 Å². The van der Waals surface area contributed by atoms with E-state index in [0.29, 0.717) is 6.42 Å². The van der Waals surface area contributed by atoms with E-state index in [1.807, 2.05) is 13.8 Å². The fourth-order valence-corrected chi connectivity index (χ4v) is 2.44. The van der Waals surface area contributed by atoms with Crippen molar-refractivity contribution in [1.29, 1.82) is 0 Å². The lowest BCUT2D eigenvalue weighted by Gasteiger charge is -2.29. The number of benzene rings is 1. The lowest BCUT2D eigenvalue weighted by atomic mass is 9.75. The van der Waals surface area contributed by atoms with Gasteiger partial charge in [0.2, 0.25) is 0 Å². The molecule has 1 aromatic carbocycles. The van der Waals surface area contributed by atoms with Crippen molar-refractivity contribution in [3.63, 3.8) is 0 Å². The Balaban J connectivity index is 2.59. The van der Waals surface area contributed by atoms with Crippen molar-refractivity contribution in [3.05, 3.63) is 45.7 Å². The van der Waals surface area contributed by atoms with Crippen LogP contribution in [0.3, 0.4) is 0 Å². The first kappa shape index (κ1) is 13.3. The quantitative estimate of drug-likeness (QED) is 0.654. The van der Waals surface area contributed by atoms with Crippen LogP contribution in [0.25, 0.3) is 5.57 Å². The normalized spacial score (nSPS) is 18.5. The van der Waals surface area contributed by atoms with Gasteiger partial charge in [-0.25, -0.2) is 0 Å². The summed E-state index contributed by atoms with van der Waals surface area (Å²) in [4.78, 5) is 22.6. The van der Waals surface area contributed by atoms with Crippen molar-refractivity contribution in [3.8, 4) is 0 Å². The molecular formula is C14H15NO4. The molecule has 0 saturated carbocycles. The molecule has 0 atom stereocenters. The van der Waals surface area contributed by atoms with Gasteiger partial charge >= 0.3 is 0 Å². The van der Waals surface area contributed by atoms with Crippen LogP contribution >= 0.6 is 0 Å². The summed E-state index contributed by atoms with van der Waals surface area (Å²) < 4.78 is 0. The predicted octanol–water partition coefficient (Wildman–Crippen LogP) is 3.25. The van der Waals surface area contributed by atoms with Gasteiger partial charge in [0.15, 0.2) is 5.78 Å². The van der Waals surface area contributed by atoms with Gasteiger partial charge in [-0.3, -0.25) is 14.9 Å². The van der Waals surface area contributed by atoms with Gasteiger partial charge in [0.25, 0.3) is 5.69 Å². The third-order valence-electron chi connectivity index (χ3n) is 3.22. The molecule has 0 amide bonds. The zero-order valence-corrected chi connectivity index (χ0v) is 10.8. The second-order valence-corrected chi connectivity index (χ2v) is 5.54. The van der Waals surface area contributed by atoms with Crippen molar-refractivity contribution in [2.75, 3.05) is 0 Å². The predicted molar refractivity (Wildman–Crippen MR) is 70.7 cm³/mol. The van der Waals surface area contributed by atoms with Gasteiger partial charge in [0.05, 0.1) is 16.1 Å². The van der Waals surface area contributed by atoms with Crippen LogP contribution in [0.2, 0.25) is 0 Å². The van der Waals surface area contributed by atoms with Crippen molar-refractivity contribution < 1.29 is 14.8 Å². The summed E-state index contributed by atoms with van der Waals surface area (Å²) in [6.07, 6.45) is 0.624. The molecule has 1 aliphatic carbocycles. The molecule has 1 aliphatic rings. The maximum Gasteiger partial charge on any atom is 0.277 e. The smallest absolute Gasteiger partial charge is 0.277 e. The molecule has 1 aromatic rings. The van der Waals surface area contributed by atoms with E-state index in [9.17, 15) is 20.0 Å². The summed E-state index contributed by atoms with van der Waals surface area (Å²) in [7, 11) is 0. The molecule has 0 fully saturated rings. The number of rotatable bonds is 2. The lowest BCUT2D eigenvalue weighted by molar-refractivity contribution is -0.385. The highest BCUT2D eigenvalue weighted by molar-refractivity contribution is 6.23. The van der Waals surface area contributed by atoms with Gasteiger partial charge in [0, 0.05) is 18.9 Å². The average Bonchev–Trinajstić information content (AvgIpc) is 2.26. The fraction of sp³-hybridized carbons (Fsp3) is 0.357. The van der Waals surface area contributed by atoms with E-state index in [-0.39, 0.29) is 40.2 Å². The van der Waals surface area contributed by atoms with Crippen LogP contribution in [0, 0.1) is 15.5 Å². The number of aliphatic hydroxyl groups is 1. The largest absolute Gasteiger partial charge is 0.512 e. The number of carbonyl (C=O) groups excluding carboxylic acids is 1. The van der Waals surface area contributed by atoms with E-state index in [1.54, 1.807) is 6.07 Å². The van der Waals surface area contributed by atoms with Crippen LogP contribution in [-0.2, 0) is 4.79 Å². The van der Waals surface area contributed by atoms with Crippen LogP contribution < -0.4 is 0 Å². The highest BCUT2D eigenvalue weighted by Gasteiger charge is 2.35. The van der Waals surface area contributed by atoms with Crippen LogP contribution in [0.4, 0.5) is 5.69 Å². The number of nitro benzene ring substituents is 1. The molecule has 0 radical (unpaired) electrons. The molecule has 5 nitrogen and oxygen atoms in total. The number of carbonyl (C=O) groups is 1. The zero-order valence-electron chi connectivity index (χ0n) is 10.8. The maximum atomic E-state index is 12.2. The van der Waals surface area contributed by atoms with Crippen molar-refractivity contribution in [2.24, 2.45) is 5.41 Å². The monoisotopic (exact) mass is 261 g/mol. The number of nitro groups is 1. The Morgan fingerprint density at radius 1 is 1.26 bits per heavy atom. The first-order valence-corrected chi connectivity index (χ1v) is 6.01. The summed E-state index contributed by atoms with van der Waals surface area (Å²) in [5, 5.41) is 21.1. The number of hydrogen-bond acceptors (Lipinski definition) is 4. The molecule has 2 rings (SSSR count). The molecule has 0 spiro atoms. The molecule has 0 unspecified atom stereocenters. The average molecular weight is 261 g/mol. The maximum absolute atomic E-state index is 12.2. The van der Waals surface area contributed by atoms with E-state index in [1.165, 1.54) is 18.2 Å². The van der Waals surface area contributed by atoms with Gasteiger partial charge in [-0.2, -0.15) is 0 Å². The highest BCUT2D eigenvalue weighted by Crippen LogP contribution is 2.41. The Morgan fingerprint density at radius 2 is 1.89 bits per heavy atom. The van der Waals surface area contributed by atoms with E-state index < -0.39 is 4.92 Å². The topological polar surface area (TPSA) is 80.4 Å². The SMILES string of the molecule is CC1(C)CC(=O)C(c2ccccc2[N+](=O)[O-])=C(O)C1. The zero-order chi connectivity index (χ0) is 14.2. The Morgan fingerprint density at radius 3 is 2.47 bits per heavy atom. The van der Waals surface area contributed by atoms with Crippen LogP contribution in [0.5, 0.6) is 0 Å². The number of allylic oxidation sites excluding steroid dienone is 2. The number of para-hydroxylation sites is 1. The van der Waals surface area contributed by atoms with Crippen molar-refractivity contribution in [2.45, 2.75) is 26.7 Å². The lowest BCUT2D eigenvalue weighted by Crippen LogP contribution is -2.25. The molecule has 1 N–H and O–H groups in total. The minimum atomic E-state index is -0.539. The van der Waals surface area contributed by atoms with Crippen LogP contribution in [0.1, 0.15) is 32.3 Å². The number of hydrogen-bond donors (Lipinski definition) is 1. The second-order valence-electron chi connectivity index (χ2n) is 5.54. The summed E-state index contributed by atoms with van der Waals surface area (Å²) in [6, 6.07) is 5.99. The number of Topliss-reactive ketones (excluding diaryl/α,β-unsaturated/α-hetero) is 1. The minimum absolute atomic E-state index is 0.0597. The van der Waals surface area contributed by atoms with E-state index in [0.717, 1.165) is 0 Å². The standard InChI is InChI=1S/C14H15NO4/c1-14(2)7-11(16)13(12(17)8-14)9-5-3-4-6-10(9)15(18)19/h3-6,16H,7-8H2,1-2H3. The van der Waals surface area contributed by atoms with E-state index in [2.05, 4.69) is 0 Å². The van der Waals surface area contributed by atoms with Crippen molar-refractivity contribution >= 4 is 17.0 Å². The first-order chi connectivity index (χ1) is 8.82. The Bertz CT molecular complexity index is 587. The molecule has 0 aliphatic heterocycles. The molecule has 0 saturated heterocycles. The Hall–Kier alpha value is -2.17. The molecule has 0 heterocycles. The molecule has 0 bridgehead atoms. The molecule has 100 valence electrons. The van der Waals surface area contributed by atoms with Crippen LogP contribution in [-0.4, -0.2) is 15.8 Å². The van der Waals surface area contributed by atoms with Crippen molar-refractivity contribution in [1.82, 2.24) is 0 Å². The number of nitrogens with zero attached hydrogens (tertiary/aromatic N) is 1. The van der Waals surface area contributed by atoms with Gasteiger partial charge in [-0.1, -0.05) is 26.0 Å². The Kier molecular flexibility index (Phi) is 3.14. The summed E-state index contributed by atoms with van der Waals surface area (Å²) >= 11 is 0. The van der Waals surface area contributed by atoms with Gasteiger partial charge < -0.3 is 5.11 Å². The summed E-state index contributed by atoms with van der Waals surface area (Å²) in [5.41, 5.74) is -0.178. The summed E-state index contributed by atoms with van der Waals surface area (Å²) in [5.74, 6) is -0.307. The van der Waals surface area contributed by atoms with E-state index in [4.69, 9.17) is 0 Å². The fourth-order valence-electron chi connectivity index (χ4n) is 2.44. The van der Waals surface area contributed by atoms with Gasteiger partial charge in [-0.05, 0) is 11.5 Å². The minimum Gasteiger partial charge on any atom is -0.512 e. The number of ketones is 1. The van der Waals surface area contributed by atoms with E-state index >= 15 is 0 Å². The third kappa shape index (κ3) is 2.50. The third-order valence-corrected chi connectivity index (χ3v) is 3.22. The molecule has 5 heteroatoms. The summed E-state index contributed by atoms with van der Waals surface area (Å²) in [6.45, 7) is 3.77. The second kappa shape index (κ2) is 4.50. The number of aliphatic hydroxyl groups excluding tert-OH is 1.